The van der Waals surface area contributed by atoms with Gasteiger partial charge < -0.3 is 5.11 Å². The third-order valence-electron chi connectivity index (χ3n) is 3.32. The lowest BCUT2D eigenvalue weighted by atomic mass is 9.98. The second-order valence-corrected chi connectivity index (χ2v) is 6.77. The first-order valence-electron chi connectivity index (χ1n) is 6.31. The Labute approximate surface area is 128 Å². The van der Waals surface area contributed by atoms with Crippen molar-refractivity contribution >= 4 is 27.3 Å². The molecule has 0 heterocycles. The molecule has 9 heteroatoms. The first-order chi connectivity index (χ1) is 9.65. The maximum absolute atomic E-state index is 12.1. The average molecular weight is 337 g/mol. The number of halogens is 1. The topological polar surface area (TPSA) is 110 Å². The molecule has 0 atom stereocenters. The van der Waals surface area contributed by atoms with Crippen LogP contribution in [0.1, 0.15) is 26.7 Å². The maximum Gasteiger partial charge on any atom is 0.271 e. The van der Waals surface area contributed by atoms with Gasteiger partial charge in [0.25, 0.3) is 5.69 Å². The van der Waals surface area contributed by atoms with Gasteiger partial charge in [-0.15, -0.1) is 0 Å². The van der Waals surface area contributed by atoms with E-state index in [4.69, 9.17) is 11.6 Å². The molecule has 0 saturated carbocycles. The molecule has 7 nitrogen and oxygen atoms in total. The average Bonchev–Trinajstić information content (AvgIpc) is 2.44. The molecule has 0 fully saturated rings. The van der Waals surface area contributed by atoms with Crippen LogP contribution in [0.25, 0.3) is 0 Å². The fourth-order valence-electron chi connectivity index (χ4n) is 1.63. The number of hydrogen-bond acceptors (Lipinski definition) is 5. The Balaban J connectivity index is 3.01. The maximum atomic E-state index is 12.1. The molecule has 2 N–H and O–H groups in total. The van der Waals surface area contributed by atoms with E-state index in [1.807, 2.05) is 0 Å². The highest BCUT2D eigenvalue weighted by Crippen LogP contribution is 2.26. The number of nitrogens with one attached hydrogen (secondary N) is 1. The van der Waals surface area contributed by atoms with E-state index in [1.165, 1.54) is 0 Å². The number of nitrogens with zero attached hydrogens (tertiary/aromatic N) is 1. The Morgan fingerprint density at radius 1 is 1.38 bits per heavy atom. The fourth-order valence-corrected chi connectivity index (χ4v) is 3.28. The van der Waals surface area contributed by atoms with E-state index in [1.54, 1.807) is 13.8 Å². The van der Waals surface area contributed by atoms with Crippen LogP contribution in [-0.2, 0) is 10.0 Å². The van der Waals surface area contributed by atoms with Gasteiger partial charge in [-0.2, -0.15) is 0 Å². The Kier molecular flexibility index (Phi) is 5.68. The van der Waals surface area contributed by atoms with E-state index in [2.05, 4.69) is 4.72 Å². The fraction of sp³-hybridized carbons (Fsp3) is 0.500. The highest BCUT2D eigenvalue weighted by molar-refractivity contribution is 7.89. The highest BCUT2D eigenvalue weighted by atomic mass is 35.5. The standard InChI is InChI=1S/C12H17ClN2O5S/c1-3-12(16,4-2)8-14-21(19,20)11-6-5-9(15(17)18)7-10(11)13/h5-7,14,16H,3-4,8H2,1-2H3. The Bertz CT molecular complexity index is 629. The molecular weight excluding hydrogens is 320 g/mol. The van der Waals surface area contributed by atoms with Crippen LogP contribution in [0.3, 0.4) is 0 Å². The number of aliphatic hydroxyl groups is 1. The largest absolute Gasteiger partial charge is 0.389 e. The van der Waals surface area contributed by atoms with Crippen LogP contribution in [0.4, 0.5) is 5.69 Å². The summed E-state index contributed by atoms with van der Waals surface area (Å²) in [6.45, 7) is 3.34. The van der Waals surface area contributed by atoms with Gasteiger partial charge in [0.1, 0.15) is 4.90 Å². The second kappa shape index (κ2) is 6.69. The van der Waals surface area contributed by atoms with Gasteiger partial charge in [-0.25, -0.2) is 13.1 Å². The summed E-state index contributed by atoms with van der Waals surface area (Å²) in [5.74, 6) is 0. The summed E-state index contributed by atoms with van der Waals surface area (Å²) >= 11 is 5.79. The molecule has 1 aromatic rings. The van der Waals surface area contributed by atoms with E-state index in [9.17, 15) is 23.6 Å². The van der Waals surface area contributed by atoms with Gasteiger partial charge in [0.05, 0.1) is 15.5 Å². The van der Waals surface area contributed by atoms with E-state index in [0.717, 1.165) is 18.2 Å². The summed E-state index contributed by atoms with van der Waals surface area (Å²) in [6.07, 6.45) is 0.778. The van der Waals surface area contributed by atoms with Crippen molar-refractivity contribution in [2.24, 2.45) is 0 Å². The number of nitro groups is 1. The van der Waals surface area contributed by atoms with E-state index in [-0.39, 0.29) is 22.2 Å². The van der Waals surface area contributed by atoms with Crippen molar-refractivity contribution in [2.75, 3.05) is 6.54 Å². The molecule has 0 bridgehead atoms. The van der Waals surface area contributed by atoms with Gasteiger partial charge in [0.2, 0.25) is 10.0 Å². The number of rotatable bonds is 7. The molecule has 0 amide bonds. The van der Waals surface area contributed by atoms with Gasteiger partial charge in [-0.05, 0) is 18.9 Å². The molecule has 0 unspecified atom stereocenters. The minimum Gasteiger partial charge on any atom is -0.389 e. The molecule has 118 valence electrons. The highest BCUT2D eigenvalue weighted by Gasteiger charge is 2.27. The molecule has 0 aliphatic rings. The lowest BCUT2D eigenvalue weighted by Gasteiger charge is -2.25. The molecule has 1 aromatic carbocycles. The zero-order chi connectivity index (χ0) is 16.3. The second-order valence-electron chi connectivity index (χ2n) is 4.63. The van der Waals surface area contributed by atoms with Crippen molar-refractivity contribution < 1.29 is 18.4 Å². The molecule has 0 saturated heterocycles. The normalized spacial score (nSPS) is 12.4. The van der Waals surface area contributed by atoms with Crippen molar-refractivity contribution in [2.45, 2.75) is 37.2 Å². The Morgan fingerprint density at radius 3 is 2.38 bits per heavy atom. The van der Waals surface area contributed by atoms with Crippen LogP contribution < -0.4 is 4.72 Å². The molecule has 0 aliphatic carbocycles. The minimum absolute atomic E-state index is 0.157. The number of hydrogen-bond donors (Lipinski definition) is 2. The summed E-state index contributed by atoms with van der Waals surface area (Å²) in [6, 6.07) is 3.11. The van der Waals surface area contributed by atoms with Crippen LogP contribution >= 0.6 is 11.6 Å². The van der Waals surface area contributed by atoms with Gasteiger partial charge in [0.15, 0.2) is 0 Å². The lowest BCUT2D eigenvalue weighted by molar-refractivity contribution is -0.384. The lowest BCUT2D eigenvalue weighted by Crippen LogP contribution is -2.42. The summed E-state index contributed by atoms with van der Waals surface area (Å²) in [7, 11) is -3.95. The number of non-ortho nitro benzene ring substituents is 1. The van der Waals surface area contributed by atoms with Crippen molar-refractivity contribution in [3.8, 4) is 0 Å². The SMILES string of the molecule is CCC(O)(CC)CNS(=O)(=O)c1ccc([N+](=O)[O-])cc1Cl. The predicted octanol–water partition coefficient (Wildman–Crippen LogP) is 2.08. The molecule has 21 heavy (non-hydrogen) atoms. The third-order valence-corrected chi connectivity index (χ3v) is 5.21. The molecule has 1 rings (SSSR count). The van der Waals surface area contributed by atoms with Crippen LogP contribution in [0.5, 0.6) is 0 Å². The monoisotopic (exact) mass is 336 g/mol. The summed E-state index contributed by atoms with van der Waals surface area (Å²) in [5, 5.41) is 20.4. The van der Waals surface area contributed by atoms with E-state index in [0.29, 0.717) is 12.8 Å². The van der Waals surface area contributed by atoms with Crippen molar-refractivity contribution in [1.29, 1.82) is 0 Å². The quantitative estimate of drug-likeness (QED) is 0.585. The smallest absolute Gasteiger partial charge is 0.271 e. The number of benzene rings is 1. The zero-order valence-electron chi connectivity index (χ0n) is 11.7. The summed E-state index contributed by atoms with van der Waals surface area (Å²) in [4.78, 5) is 9.67. The number of nitro benzene ring substituents is 1. The molecule has 0 aromatic heterocycles. The first-order valence-corrected chi connectivity index (χ1v) is 8.17. The summed E-state index contributed by atoms with van der Waals surface area (Å²) in [5.41, 5.74) is -1.43. The predicted molar refractivity (Wildman–Crippen MR) is 78.8 cm³/mol. The molecule has 0 spiro atoms. The van der Waals surface area contributed by atoms with Crippen molar-refractivity contribution in [3.05, 3.63) is 33.3 Å². The molecular formula is C12H17ClN2O5S. The Hall–Kier alpha value is -1.22. The first kappa shape index (κ1) is 17.8. The van der Waals surface area contributed by atoms with Crippen LogP contribution in [0.15, 0.2) is 23.1 Å². The van der Waals surface area contributed by atoms with Crippen molar-refractivity contribution in [1.82, 2.24) is 4.72 Å². The molecule has 0 aliphatic heterocycles. The third kappa shape index (κ3) is 4.37. The minimum atomic E-state index is -3.95. The van der Waals surface area contributed by atoms with Crippen molar-refractivity contribution in [3.63, 3.8) is 0 Å². The van der Waals surface area contributed by atoms with Gasteiger partial charge in [-0.1, -0.05) is 25.4 Å². The van der Waals surface area contributed by atoms with Crippen LogP contribution in [0, 0.1) is 10.1 Å². The van der Waals surface area contributed by atoms with E-state index < -0.39 is 20.5 Å². The van der Waals surface area contributed by atoms with Gasteiger partial charge in [0, 0.05) is 18.7 Å². The van der Waals surface area contributed by atoms with E-state index >= 15 is 0 Å². The summed E-state index contributed by atoms with van der Waals surface area (Å²) < 4.78 is 26.5. The van der Waals surface area contributed by atoms with Gasteiger partial charge in [-0.3, -0.25) is 10.1 Å². The number of sulfonamides is 1. The Morgan fingerprint density at radius 2 is 1.95 bits per heavy atom. The van der Waals surface area contributed by atoms with Crippen LogP contribution in [0.2, 0.25) is 5.02 Å². The molecule has 0 radical (unpaired) electrons. The van der Waals surface area contributed by atoms with Gasteiger partial charge >= 0.3 is 0 Å². The van der Waals surface area contributed by atoms with Crippen LogP contribution in [-0.4, -0.2) is 30.6 Å². The zero-order valence-corrected chi connectivity index (χ0v) is 13.2.